The lowest BCUT2D eigenvalue weighted by Gasteiger charge is -2.18. The number of halogens is 2. The molecule has 2 heterocycles. The molecule has 0 bridgehead atoms. The maximum atomic E-state index is 13.5. The van der Waals surface area contributed by atoms with E-state index in [1.807, 2.05) is 72.8 Å². The highest BCUT2D eigenvalue weighted by molar-refractivity contribution is 9.10. The van der Waals surface area contributed by atoms with E-state index in [1.165, 1.54) is 11.3 Å². The Labute approximate surface area is 202 Å². The molecule has 158 valence electrons. The largest absolute Gasteiger partial charge is 0.497 e. The van der Waals surface area contributed by atoms with Gasteiger partial charge in [-0.05, 0) is 48.0 Å². The second kappa shape index (κ2) is 8.54. The van der Waals surface area contributed by atoms with Crippen molar-refractivity contribution in [1.29, 1.82) is 0 Å². The van der Waals surface area contributed by atoms with Crippen molar-refractivity contribution in [3.05, 3.63) is 98.4 Å². The SMILES string of the molecule is COc1cccc(/C=C2/N=C(c3sc4ccccc4c3Cl)N(c3cccc(Br)c3)C2=O)c1. The zero-order valence-electron chi connectivity index (χ0n) is 16.9. The number of amidine groups is 1. The van der Waals surface area contributed by atoms with Crippen LogP contribution in [-0.4, -0.2) is 18.9 Å². The number of methoxy groups -OCH3 is 1. The van der Waals surface area contributed by atoms with Gasteiger partial charge in [-0.2, -0.15) is 0 Å². The molecule has 32 heavy (non-hydrogen) atoms. The van der Waals surface area contributed by atoms with Crippen LogP contribution in [0.1, 0.15) is 10.4 Å². The van der Waals surface area contributed by atoms with Crippen LogP contribution in [0.3, 0.4) is 0 Å². The summed E-state index contributed by atoms with van der Waals surface area (Å²) in [5.74, 6) is 1.02. The van der Waals surface area contributed by atoms with Crippen LogP contribution >= 0.6 is 38.9 Å². The Bertz CT molecular complexity index is 1430. The summed E-state index contributed by atoms with van der Waals surface area (Å²) in [6.07, 6.45) is 1.77. The van der Waals surface area contributed by atoms with Gasteiger partial charge in [-0.3, -0.25) is 9.69 Å². The van der Waals surface area contributed by atoms with Crippen molar-refractivity contribution in [2.24, 2.45) is 4.99 Å². The second-order valence-corrected chi connectivity index (χ2v) is 9.45. The van der Waals surface area contributed by atoms with Gasteiger partial charge in [-0.1, -0.05) is 63.9 Å². The van der Waals surface area contributed by atoms with Gasteiger partial charge in [-0.15, -0.1) is 11.3 Å². The number of hydrogen-bond acceptors (Lipinski definition) is 4. The van der Waals surface area contributed by atoms with Crippen molar-refractivity contribution < 1.29 is 9.53 Å². The number of anilines is 1. The summed E-state index contributed by atoms with van der Waals surface area (Å²) in [5, 5.41) is 1.54. The Balaban J connectivity index is 1.69. The smallest absolute Gasteiger partial charge is 0.282 e. The summed E-state index contributed by atoms with van der Waals surface area (Å²) in [6, 6.07) is 23.0. The Morgan fingerprint density at radius 1 is 1.06 bits per heavy atom. The number of aliphatic imine (C=N–C) groups is 1. The number of carbonyl (C=O) groups is 1. The average molecular weight is 524 g/mol. The minimum atomic E-state index is -0.213. The molecule has 0 aliphatic carbocycles. The van der Waals surface area contributed by atoms with E-state index in [0.29, 0.717) is 28.0 Å². The first-order valence-corrected chi connectivity index (χ1v) is 11.8. The van der Waals surface area contributed by atoms with Gasteiger partial charge in [-0.25, -0.2) is 4.99 Å². The third-order valence-corrected chi connectivity index (χ3v) is 7.23. The van der Waals surface area contributed by atoms with E-state index >= 15 is 0 Å². The number of ether oxygens (including phenoxy) is 1. The molecule has 5 rings (SSSR count). The van der Waals surface area contributed by atoms with Crippen LogP contribution in [-0.2, 0) is 4.79 Å². The van der Waals surface area contributed by atoms with Gasteiger partial charge in [0.25, 0.3) is 5.91 Å². The number of thiophene rings is 1. The van der Waals surface area contributed by atoms with Gasteiger partial charge in [0, 0.05) is 14.6 Å². The van der Waals surface area contributed by atoms with Crippen LogP contribution in [0.5, 0.6) is 5.75 Å². The predicted molar refractivity (Wildman–Crippen MR) is 136 cm³/mol. The number of nitrogens with zero attached hydrogens (tertiary/aromatic N) is 2. The number of hydrogen-bond donors (Lipinski definition) is 0. The van der Waals surface area contributed by atoms with Crippen molar-refractivity contribution in [2.75, 3.05) is 12.0 Å². The summed E-state index contributed by atoms with van der Waals surface area (Å²) in [7, 11) is 1.61. The normalized spacial score (nSPS) is 15.0. The lowest BCUT2D eigenvalue weighted by Crippen LogP contribution is -2.32. The fraction of sp³-hybridized carbons (Fsp3) is 0.0400. The van der Waals surface area contributed by atoms with Crippen LogP contribution in [0.2, 0.25) is 5.02 Å². The highest BCUT2D eigenvalue weighted by Gasteiger charge is 2.35. The zero-order chi connectivity index (χ0) is 22.2. The molecule has 1 aromatic heterocycles. The first kappa shape index (κ1) is 20.9. The highest BCUT2D eigenvalue weighted by atomic mass is 79.9. The fourth-order valence-electron chi connectivity index (χ4n) is 3.57. The molecule has 0 saturated carbocycles. The monoisotopic (exact) mass is 522 g/mol. The Hall–Kier alpha value is -2.93. The molecule has 0 saturated heterocycles. The maximum Gasteiger partial charge on any atom is 0.282 e. The number of fused-ring (bicyclic) bond motifs is 1. The van der Waals surface area contributed by atoms with E-state index in [-0.39, 0.29) is 5.91 Å². The van der Waals surface area contributed by atoms with Crippen molar-refractivity contribution in [1.82, 2.24) is 0 Å². The van der Waals surface area contributed by atoms with Crippen LogP contribution in [0.4, 0.5) is 5.69 Å². The van der Waals surface area contributed by atoms with Crippen LogP contribution in [0.25, 0.3) is 16.2 Å². The summed E-state index contributed by atoms with van der Waals surface area (Å²) in [4.78, 5) is 20.7. The zero-order valence-corrected chi connectivity index (χ0v) is 20.0. The number of benzene rings is 3. The molecule has 7 heteroatoms. The molecule has 4 nitrogen and oxygen atoms in total. The first-order chi connectivity index (χ1) is 15.5. The number of rotatable bonds is 4. The van der Waals surface area contributed by atoms with Gasteiger partial charge >= 0.3 is 0 Å². The second-order valence-electron chi connectivity index (χ2n) is 7.10. The summed E-state index contributed by atoms with van der Waals surface area (Å²) in [5.41, 5.74) is 1.88. The molecule has 1 amide bonds. The van der Waals surface area contributed by atoms with E-state index in [9.17, 15) is 4.79 Å². The third-order valence-electron chi connectivity index (χ3n) is 5.06. The summed E-state index contributed by atoms with van der Waals surface area (Å²) >= 11 is 11.8. The average Bonchev–Trinajstić information content (AvgIpc) is 3.31. The molecular weight excluding hydrogens is 508 g/mol. The fourth-order valence-corrected chi connectivity index (χ4v) is 5.45. The molecule has 0 atom stereocenters. The number of amides is 1. The van der Waals surface area contributed by atoms with Crippen molar-refractivity contribution >= 4 is 72.5 Å². The lowest BCUT2D eigenvalue weighted by molar-refractivity contribution is -0.113. The van der Waals surface area contributed by atoms with E-state index in [2.05, 4.69) is 15.9 Å². The minimum Gasteiger partial charge on any atom is -0.497 e. The van der Waals surface area contributed by atoms with Crippen molar-refractivity contribution in [3.63, 3.8) is 0 Å². The van der Waals surface area contributed by atoms with Crippen LogP contribution in [0.15, 0.2) is 88.0 Å². The molecule has 0 spiro atoms. The van der Waals surface area contributed by atoms with E-state index in [4.69, 9.17) is 21.3 Å². The molecule has 0 fully saturated rings. The first-order valence-electron chi connectivity index (χ1n) is 9.77. The molecule has 0 unspecified atom stereocenters. The quantitative estimate of drug-likeness (QED) is 0.266. The maximum absolute atomic E-state index is 13.5. The summed E-state index contributed by atoms with van der Waals surface area (Å²) in [6.45, 7) is 0. The molecule has 0 radical (unpaired) electrons. The van der Waals surface area contributed by atoms with Gasteiger partial charge in [0.2, 0.25) is 0 Å². The lowest BCUT2D eigenvalue weighted by atomic mass is 10.1. The van der Waals surface area contributed by atoms with Gasteiger partial charge < -0.3 is 4.74 Å². The number of carbonyl (C=O) groups excluding carboxylic acids is 1. The molecular formula is C25H16BrClN2O2S. The molecule has 0 N–H and O–H groups in total. The van der Waals surface area contributed by atoms with Gasteiger partial charge in [0.1, 0.15) is 11.4 Å². The molecule has 4 aromatic rings. The minimum absolute atomic E-state index is 0.213. The molecule has 3 aromatic carbocycles. The third kappa shape index (κ3) is 3.75. The standard InChI is InChI=1S/C25H16BrClN2O2S/c1-31-18-9-4-6-15(12-18)13-20-25(30)29(17-8-5-7-16(26)14-17)24(28-20)23-22(27)19-10-2-3-11-21(19)32-23/h2-14H,1H3/b20-13+. The Morgan fingerprint density at radius 3 is 2.66 bits per heavy atom. The van der Waals surface area contributed by atoms with Crippen molar-refractivity contribution in [3.8, 4) is 5.75 Å². The topological polar surface area (TPSA) is 41.9 Å². The van der Waals surface area contributed by atoms with Crippen molar-refractivity contribution in [2.45, 2.75) is 0 Å². The summed E-state index contributed by atoms with van der Waals surface area (Å²) < 4.78 is 7.22. The van der Waals surface area contributed by atoms with Crippen LogP contribution < -0.4 is 9.64 Å². The molecule has 1 aliphatic rings. The van der Waals surface area contributed by atoms with E-state index in [1.54, 1.807) is 18.1 Å². The van der Waals surface area contributed by atoms with Gasteiger partial charge in [0.15, 0.2) is 5.84 Å². The highest BCUT2D eigenvalue weighted by Crippen LogP contribution is 2.39. The van der Waals surface area contributed by atoms with E-state index in [0.717, 1.165) is 25.0 Å². The predicted octanol–water partition coefficient (Wildman–Crippen LogP) is 7.16. The molecule has 1 aliphatic heterocycles. The Kier molecular flexibility index (Phi) is 5.59. The van der Waals surface area contributed by atoms with Crippen LogP contribution in [0, 0.1) is 0 Å². The van der Waals surface area contributed by atoms with E-state index < -0.39 is 0 Å². The van der Waals surface area contributed by atoms with Gasteiger partial charge in [0.05, 0.1) is 22.7 Å². The Morgan fingerprint density at radius 2 is 1.88 bits per heavy atom.